The highest BCUT2D eigenvalue weighted by Gasteiger charge is 2.26. The van der Waals surface area contributed by atoms with Gasteiger partial charge in [0.25, 0.3) is 0 Å². The number of aliphatic hydroxyl groups excluding tert-OH is 1. The number of rotatable bonds is 3. The molecule has 0 heterocycles. The minimum atomic E-state index is -0.556. The summed E-state index contributed by atoms with van der Waals surface area (Å²) in [6.45, 7) is 5.35. The van der Waals surface area contributed by atoms with Crippen molar-refractivity contribution >= 4 is 5.78 Å². The lowest BCUT2D eigenvalue weighted by Crippen LogP contribution is -2.03. The zero-order valence-electron chi connectivity index (χ0n) is 7.79. The summed E-state index contributed by atoms with van der Waals surface area (Å²) >= 11 is 0. The average Bonchev–Trinajstić information content (AvgIpc) is 2.32. The fourth-order valence-corrected chi connectivity index (χ4v) is 1.43. The summed E-state index contributed by atoms with van der Waals surface area (Å²) in [6, 6.07) is 0. The largest absolute Gasteiger partial charge is 0.388 e. The summed E-state index contributed by atoms with van der Waals surface area (Å²) in [5.41, 5.74) is 1.57. The predicted molar refractivity (Wildman–Crippen MR) is 52.3 cm³/mol. The molecule has 70 valence electrons. The number of ketones is 1. The van der Waals surface area contributed by atoms with E-state index in [0.717, 1.165) is 11.1 Å². The first-order valence-electron chi connectivity index (χ1n) is 4.35. The SMILES string of the molecule is C=C/C=C/CC1=C(C)[C@@H](O)CC1=O. The van der Waals surface area contributed by atoms with E-state index in [1.54, 1.807) is 12.2 Å². The lowest BCUT2D eigenvalue weighted by Gasteiger charge is -1.99. The maximum absolute atomic E-state index is 11.3. The van der Waals surface area contributed by atoms with Crippen LogP contribution in [0.2, 0.25) is 0 Å². The molecular formula is C11H14O2. The van der Waals surface area contributed by atoms with E-state index in [0.29, 0.717) is 6.42 Å². The van der Waals surface area contributed by atoms with Crippen molar-refractivity contribution in [1.29, 1.82) is 0 Å². The summed E-state index contributed by atoms with van der Waals surface area (Å²) < 4.78 is 0. The molecule has 0 bridgehead atoms. The molecule has 1 N–H and O–H groups in total. The van der Waals surface area contributed by atoms with Crippen LogP contribution in [-0.4, -0.2) is 17.0 Å². The molecule has 0 radical (unpaired) electrons. The molecule has 0 spiro atoms. The minimum absolute atomic E-state index is 0.0683. The summed E-state index contributed by atoms with van der Waals surface area (Å²) in [5.74, 6) is 0.0683. The van der Waals surface area contributed by atoms with Crippen LogP contribution in [0.5, 0.6) is 0 Å². The maximum atomic E-state index is 11.3. The molecule has 1 aliphatic rings. The quantitative estimate of drug-likeness (QED) is 0.669. The van der Waals surface area contributed by atoms with Gasteiger partial charge in [0.1, 0.15) is 0 Å². The van der Waals surface area contributed by atoms with Crippen molar-refractivity contribution in [2.45, 2.75) is 25.9 Å². The summed E-state index contributed by atoms with van der Waals surface area (Å²) in [7, 11) is 0. The molecule has 13 heavy (non-hydrogen) atoms. The van der Waals surface area contributed by atoms with Crippen molar-refractivity contribution in [3.8, 4) is 0 Å². The second-order valence-corrected chi connectivity index (χ2v) is 3.17. The smallest absolute Gasteiger partial charge is 0.162 e. The zero-order valence-corrected chi connectivity index (χ0v) is 7.79. The summed E-state index contributed by atoms with van der Waals surface area (Å²) in [5, 5.41) is 9.37. The number of hydrogen-bond acceptors (Lipinski definition) is 2. The number of Topliss-reactive ketones (excluding diaryl/α,β-unsaturated/α-hetero) is 1. The Labute approximate surface area is 78.3 Å². The molecule has 1 aliphatic carbocycles. The molecule has 0 aromatic rings. The van der Waals surface area contributed by atoms with Gasteiger partial charge in [0.15, 0.2) is 5.78 Å². The number of allylic oxidation sites excluding steroid dienone is 4. The first kappa shape index (κ1) is 9.93. The Morgan fingerprint density at radius 2 is 2.38 bits per heavy atom. The third-order valence-electron chi connectivity index (χ3n) is 2.29. The molecule has 0 aromatic carbocycles. The van der Waals surface area contributed by atoms with Gasteiger partial charge in [-0.05, 0) is 18.9 Å². The lowest BCUT2D eigenvalue weighted by molar-refractivity contribution is -0.115. The standard InChI is InChI=1S/C11H14O2/c1-3-4-5-6-9-8(2)10(12)7-11(9)13/h3-5,10,12H,1,6-7H2,2H3/b5-4+/t10-/m0/s1. The Balaban J connectivity index is 2.72. The van der Waals surface area contributed by atoms with E-state index in [2.05, 4.69) is 6.58 Å². The molecule has 0 aromatic heterocycles. The van der Waals surface area contributed by atoms with Crippen LogP contribution in [0.4, 0.5) is 0 Å². The molecular weight excluding hydrogens is 164 g/mol. The number of carbonyl (C=O) groups is 1. The van der Waals surface area contributed by atoms with Crippen molar-refractivity contribution in [3.05, 3.63) is 36.0 Å². The third-order valence-corrected chi connectivity index (χ3v) is 2.29. The molecule has 0 amide bonds. The highest BCUT2D eigenvalue weighted by molar-refractivity contribution is 5.99. The van der Waals surface area contributed by atoms with Gasteiger partial charge in [-0.25, -0.2) is 0 Å². The van der Waals surface area contributed by atoms with Gasteiger partial charge in [-0.3, -0.25) is 4.79 Å². The van der Waals surface area contributed by atoms with Crippen LogP contribution in [0.1, 0.15) is 19.8 Å². The van der Waals surface area contributed by atoms with Gasteiger partial charge in [-0.15, -0.1) is 0 Å². The zero-order chi connectivity index (χ0) is 9.84. The fourth-order valence-electron chi connectivity index (χ4n) is 1.43. The Bertz CT molecular complexity index is 284. The first-order valence-corrected chi connectivity index (χ1v) is 4.35. The van der Waals surface area contributed by atoms with Gasteiger partial charge in [0.2, 0.25) is 0 Å². The Kier molecular flexibility index (Phi) is 3.20. The number of aliphatic hydroxyl groups is 1. The van der Waals surface area contributed by atoms with Crippen molar-refractivity contribution in [1.82, 2.24) is 0 Å². The van der Waals surface area contributed by atoms with Crippen LogP contribution in [0.25, 0.3) is 0 Å². The van der Waals surface area contributed by atoms with Gasteiger partial charge in [0.05, 0.1) is 6.10 Å². The van der Waals surface area contributed by atoms with Gasteiger partial charge in [-0.1, -0.05) is 24.8 Å². The Morgan fingerprint density at radius 1 is 1.69 bits per heavy atom. The second kappa shape index (κ2) is 4.19. The fraction of sp³-hybridized carbons (Fsp3) is 0.364. The normalized spacial score (nSPS) is 23.2. The van der Waals surface area contributed by atoms with Crippen molar-refractivity contribution in [2.24, 2.45) is 0 Å². The van der Waals surface area contributed by atoms with Crippen molar-refractivity contribution < 1.29 is 9.90 Å². The van der Waals surface area contributed by atoms with Crippen LogP contribution in [0.3, 0.4) is 0 Å². The summed E-state index contributed by atoms with van der Waals surface area (Å²) in [6.07, 6.45) is 5.66. The first-order chi connectivity index (χ1) is 6.16. The predicted octanol–water partition coefficient (Wildman–Crippen LogP) is 1.77. The third kappa shape index (κ3) is 2.16. The van der Waals surface area contributed by atoms with Gasteiger partial charge < -0.3 is 5.11 Å². The average molecular weight is 178 g/mol. The van der Waals surface area contributed by atoms with Crippen molar-refractivity contribution in [3.63, 3.8) is 0 Å². The van der Waals surface area contributed by atoms with Gasteiger partial charge in [0, 0.05) is 12.0 Å². The Morgan fingerprint density at radius 3 is 2.85 bits per heavy atom. The van der Waals surface area contributed by atoms with E-state index < -0.39 is 6.10 Å². The van der Waals surface area contributed by atoms with E-state index in [9.17, 15) is 9.90 Å². The molecule has 2 nitrogen and oxygen atoms in total. The molecule has 1 atom stereocenters. The number of carbonyl (C=O) groups excluding carboxylic acids is 1. The van der Waals surface area contributed by atoms with E-state index in [1.165, 1.54) is 0 Å². The lowest BCUT2D eigenvalue weighted by atomic mass is 10.1. The van der Waals surface area contributed by atoms with E-state index >= 15 is 0 Å². The summed E-state index contributed by atoms with van der Waals surface area (Å²) in [4.78, 5) is 11.3. The van der Waals surface area contributed by atoms with Crippen LogP contribution in [0.15, 0.2) is 36.0 Å². The van der Waals surface area contributed by atoms with E-state index in [1.807, 2.05) is 13.0 Å². The highest BCUT2D eigenvalue weighted by atomic mass is 16.3. The maximum Gasteiger partial charge on any atom is 0.162 e. The van der Waals surface area contributed by atoms with Crippen molar-refractivity contribution in [2.75, 3.05) is 0 Å². The van der Waals surface area contributed by atoms with E-state index in [4.69, 9.17) is 0 Å². The molecule has 0 aliphatic heterocycles. The molecule has 1 rings (SSSR count). The monoisotopic (exact) mass is 178 g/mol. The Hall–Kier alpha value is -1.15. The molecule has 0 fully saturated rings. The number of hydrogen-bond donors (Lipinski definition) is 1. The van der Waals surface area contributed by atoms with Crippen LogP contribution in [-0.2, 0) is 4.79 Å². The van der Waals surface area contributed by atoms with Crippen LogP contribution in [0, 0.1) is 0 Å². The van der Waals surface area contributed by atoms with E-state index in [-0.39, 0.29) is 12.2 Å². The second-order valence-electron chi connectivity index (χ2n) is 3.17. The molecule has 2 heteroatoms. The van der Waals surface area contributed by atoms with Gasteiger partial charge in [-0.2, -0.15) is 0 Å². The highest BCUT2D eigenvalue weighted by Crippen LogP contribution is 2.25. The van der Waals surface area contributed by atoms with Gasteiger partial charge >= 0.3 is 0 Å². The molecule has 0 unspecified atom stereocenters. The van der Waals surface area contributed by atoms with Crippen LogP contribution >= 0.6 is 0 Å². The minimum Gasteiger partial charge on any atom is -0.388 e. The molecule has 0 saturated carbocycles. The topological polar surface area (TPSA) is 37.3 Å². The molecule has 0 saturated heterocycles. The van der Waals surface area contributed by atoms with Crippen LogP contribution < -0.4 is 0 Å².